The van der Waals surface area contributed by atoms with Crippen molar-refractivity contribution in [1.29, 1.82) is 0 Å². The van der Waals surface area contributed by atoms with E-state index in [-0.39, 0.29) is 18.2 Å². The summed E-state index contributed by atoms with van der Waals surface area (Å²) in [7, 11) is 3.16. The second-order valence-electron chi connectivity index (χ2n) is 6.84. The Hall–Kier alpha value is -3.39. The van der Waals surface area contributed by atoms with E-state index in [0.717, 1.165) is 16.9 Å². The third kappa shape index (κ3) is 3.99. The van der Waals surface area contributed by atoms with Crippen LogP contribution in [0.5, 0.6) is 11.5 Å². The number of ether oxygens (including phenoxy) is 2. The number of aromatic nitrogens is 1. The first-order chi connectivity index (χ1) is 14.6. The van der Waals surface area contributed by atoms with Gasteiger partial charge >= 0.3 is 0 Å². The molecule has 2 aromatic carbocycles. The van der Waals surface area contributed by atoms with Gasteiger partial charge in [0.1, 0.15) is 0 Å². The molecule has 1 saturated heterocycles. The molecule has 0 aliphatic carbocycles. The molecule has 3 aromatic rings. The normalized spacial score (nSPS) is 15.9. The summed E-state index contributed by atoms with van der Waals surface area (Å²) in [5.41, 5.74) is 2.39. The lowest BCUT2D eigenvalue weighted by Crippen LogP contribution is -2.28. The molecule has 1 aromatic heterocycles. The van der Waals surface area contributed by atoms with Crippen molar-refractivity contribution >= 4 is 34.0 Å². The van der Waals surface area contributed by atoms with Gasteiger partial charge in [0.2, 0.25) is 11.8 Å². The van der Waals surface area contributed by atoms with Crippen LogP contribution < -0.4 is 19.7 Å². The molecular formula is C22H21N3O4S. The highest BCUT2D eigenvalue weighted by molar-refractivity contribution is 7.14. The number of carbonyl (C=O) groups is 2. The fourth-order valence-electron chi connectivity index (χ4n) is 3.41. The zero-order valence-electron chi connectivity index (χ0n) is 16.6. The maximum atomic E-state index is 12.7. The average Bonchev–Trinajstić information content (AvgIpc) is 3.40. The van der Waals surface area contributed by atoms with Crippen molar-refractivity contribution in [2.24, 2.45) is 5.92 Å². The first kappa shape index (κ1) is 19.9. The van der Waals surface area contributed by atoms with Gasteiger partial charge < -0.3 is 19.7 Å². The predicted octanol–water partition coefficient (Wildman–Crippen LogP) is 3.82. The number of benzene rings is 2. The summed E-state index contributed by atoms with van der Waals surface area (Å²) >= 11 is 1.34. The summed E-state index contributed by atoms with van der Waals surface area (Å²) in [4.78, 5) is 31.2. The number of methoxy groups -OCH3 is 2. The van der Waals surface area contributed by atoms with E-state index in [9.17, 15) is 9.59 Å². The van der Waals surface area contributed by atoms with E-state index < -0.39 is 5.92 Å². The quantitative estimate of drug-likeness (QED) is 0.652. The van der Waals surface area contributed by atoms with Crippen LogP contribution in [-0.2, 0) is 9.59 Å². The third-order valence-corrected chi connectivity index (χ3v) is 5.74. The van der Waals surface area contributed by atoms with E-state index in [2.05, 4.69) is 10.3 Å². The second-order valence-corrected chi connectivity index (χ2v) is 7.70. The number of hydrogen-bond acceptors (Lipinski definition) is 6. The largest absolute Gasteiger partial charge is 0.493 e. The maximum absolute atomic E-state index is 12.7. The van der Waals surface area contributed by atoms with Gasteiger partial charge in [-0.05, 0) is 30.3 Å². The Morgan fingerprint density at radius 2 is 1.90 bits per heavy atom. The molecule has 7 nitrogen and oxygen atoms in total. The highest BCUT2D eigenvalue weighted by atomic mass is 32.1. The van der Waals surface area contributed by atoms with Crippen molar-refractivity contribution in [2.75, 3.05) is 31.0 Å². The summed E-state index contributed by atoms with van der Waals surface area (Å²) in [5, 5.41) is 5.22. The molecule has 1 fully saturated rings. The molecule has 2 amide bonds. The average molecular weight is 423 g/mol. The standard InChI is InChI=1S/C22H21N3O4S/c1-28-18-9-8-14(10-19(18)29-2)17-13-30-22(23-17)24-21(27)15-11-20(26)25(12-15)16-6-4-3-5-7-16/h3-10,13,15H,11-12H2,1-2H3,(H,23,24,27)/t15-/m1/s1. The van der Waals surface area contributed by atoms with Gasteiger partial charge in [-0.25, -0.2) is 4.98 Å². The van der Waals surface area contributed by atoms with E-state index >= 15 is 0 Å². The topological polar surface area (TPSA) is 80.8 Å². The van der Waals surface area contributed by atoms with Crippen molar-refractivity contribution in [3.05, 3.63) is 53.9 Å². The van der Waals surface area contributed by atoms with Gasteiger partial charge in [-0.15, -0.1) is 11.3 Å². The lowest BCUT2D eigenvalue weighted by molar-refractivity contribution is -0.122. The number of thiazole rings is 1. The Morgan fingerprint density at radius 3 is 2.63 bits per heavy atom. The minimum absolute atomic E-state index is 0.0495. The first-order valence-electron chi connectivity index (χ1n) is 9.43. The van der Waals surface area contributed by atoms with E-state index in [1.54, 1.807) is 19.1 Å². The number of rotatable bonds is 6. The molecule has 0 unspecified atom stereocenters. The highest BCUT2D eigenvalue weighted by Gasteiger charge is 2.35. The number of amides is 2. The molecule has 8 heteroatoms. The number of hydrogen-bond donors (Lipinski definition) is 1. The maximum Gasteiger partial charge on any atom is 0.231 e. The van der Waals surface area contributed by atoms with Crippen molar-refractivity contribution in [1.82, 2.24) is 4.98 Å². The Bertz CT molecular complexity index is 1070. The van der Waals surface area contributed by atoms with Gasteiger partial charge in [0.25, 0.3) is 0 Å². The van der Waals surface area contributed by atoms with Gasteiger partial charge in [-0.2, -0.15) is 0 Å². The van der Waals surface area contributed by atoms with Gasteiger partial charge in [0.15, 0.2) is 16.6 Å². The van der Waals surface area contributed by atoms with Crippen LogP contribution >= 0.6 is 11.3 Å². The van der Waals surface area contributed by atoms with Crippen LogP contribution in [0.1, 0.15) is 6.42 Å². The second kappa shape index (κ2) is 8.54. The molecule has 4 rings (SSSR count). The van der Waals surface area contributed by atoms with E-state index in [4.69, 9.17) is 9.47 Å². The molecule has 0 spiro atoms. The van der Waals surface area contributed by atoms with Gasteiger partial charge in [-0.3, -0.25) is 9.59 Å². The molecule has 1 aliphatic heterocycles. The number of nitrogens with one attached hydrogen (secondary N) is 1. The van der Waals surface area contributed by atoms with E-state index in [1.807, 2.05) is 53.9 Å². The molecule has 0 saturated carbocycles. The number of carbonyl (C=O) groups excluding carboxylic acids is 2. The monoisotopic (exact) mass is 423 g/mol. The molecule has 0 bridgehead atoms. The molecule has 154 valence electrons. The SMILES string of the molecule is COc1ccc(-c2csc(NC(=O)[C@@H]3CC(=O)N(c4ccccc4)C3)n2)cc1OC. The minimum atomic E-state index is -0.411. The van der Waals surface area contributed by atoms with Crippen molar-refractivity contribution < 1.29 is 19.1 Å². The zero-order valence-corrected chi connectivity index (χ0v) is 17.4. The molecule has 0 radical (unpaired) electrons. The van der Waals surface area contributed by atoms with Crippen LogP contribution in [0.25, 0.3) is 11.3 Å². The summed E-state index contributed by atoms with van der Waals surface area (Å²) in [6.07, 6.45) is 0.189. The van der Waals surface area contributed by atoms with Crippen LogP contribution in [-0.4, -0.2) is 37.6 Å². The van der Waals surface area contributed by atoms with Crippen molar-refractivity contribution in [3.63, 3.8) is 0 Å². The molecule has 30 heavy (non-hydrogen) atoms. The van der Waals surface area contributed by atoms with Crippen molar-refractivity contribution in [2.45, 2.75) is 6.42 Å². The fourth-order valence-corrected chi connectivity index (χ4v) is 4.13. The summed E-state index contributed by atoms with van der Waals surface area (Å²) in [6.45, 7) is 0.364. The number of anilines is 2. The Morgan fingerprint density at radius 1 is 1.13 bits per heavy atom. The van der Waals surface area contributed by atoms with Crippen LogP contribution in [0.4, 0.5) is 10.8 Å². The van der Waals surface area contributed by atoms with Crippen molar-refractivity contribution in [3.8, 4) is 22.8 Å². The first-order valence-corrected chi connectivity index (χ1v) is 10.3. The number of nitrogens with zero attached hydrogens (tertiary/aromatic N) is 2. The molecule has 1 N–H and O–H groups in total. The molecule has 1 atom stereocenters. The van der Waals surface area contributed by atoms with Crippen LogP contribution in [0.2, 0.25) is 0 Å². The fraction of sp³-hybridized carbons (Fsp3) is 0.227. The summed E-state index contributed by atoms with van der Waals surface area (Å²) in [6, 6.07) is 14.9. The third-order valence-electron chi connectivity index (χ3n) is 4.98. The molecule has 2 heterocycles. The zero-order chi connectivity index (χ0) is 21.1. The number of para-hydroxylation sites is 1. The van der Waals surface area contributed by atoms with E-state index in [0.29, 0.717) is 23.2 Å². The highest BCUT2D eigenvalue weighted by Crippen LogP contribution is 2.34. The van der Waals surface area contributed by atoms with Crippen LogP contribution in [0.15, 0.2) is 53.9 Å². The van der Waals surface area contributed by atoms with Crippen LogP contribution in [0.3, 0.4) is 0 Å². The molecular weight excluding hydrogens is 402 g/mol. The van der Waals surface area contributed by atoms with Gasteiger partial charge in [-0.1, -0.05) is 18.2 Å². The lowest BCUT2D eigenvalue weighted by atomic mass is 10.1. The Balaban J connectivity index is 1.44. The van der Waals surface area contributed by atoms with Gasteiger partial charge in [0, 0.05) is 29.6 Å². The van der Waals surface area contributed by atoms with E-state index in [1.165, 1.54) is 11.3 Å². The summed E-state index contributed by atoms with van der Waals surface area (Å²) in [5.74, 6) is 0.588. The Kier molecular flexibility index (Phi) is 5.67. The Labute approximate surface area is 178 Å². The van der Waals surface area contributed by atoms with Crippen LogP contribution in [0, 0.1) is 5.92 Å². The summed E-state index contributed by atoms with van der Waals surface area (Å²) < 4.78 is 10.6. The minimum Gasteiger partial charge on any atom is -0.493 e. The molecule has 1 aliphatic rings. The van der Waals surface area contributed by atoms with Gasteiger partial charge in [0.05, 0.1) is 25.8 Å². The predicted molar refractivity (Wildman–Crippen MR) is 116 cm³/mol. The lowest BCUT2D eigenvalue weighted by Gasteiger charge is -2.16. The smallest absolute Gasteiger partial charge is 0.231 e.